The zero-order chi connectivity index (χ0) is 12.7. The van der Waals surface area contributed by atoms with Crippen LogP contribution in [0.1, 0.15) is 5.56 Å². The van der Waals surface area contributed by atoms with Crippen LogP contribution in [-0.4, -0.2) is 19.4 Å². The summed E-state index contributed by atoms with van der Waals surface area (Å²) in [5.74, 6) is -0.279. The van der Waals surface area contributed by atoms with E-state index in [9.17, 15) is 18.0 Å². The Morgan fingerprint density at radius 2 is 1.82 bits per heavy atom. The van der Waals surface area contributed by atoms with Crippen LogP contribution in [-0.2, 0) is 9.53 Å². The Bertz CT molecular complexity index is 382. The van der Waals surface area contributed by atoms with Crippen LogP contribution in [0.5, 0.6) is 5.75 Å². The van der Waals surface area contributed by atoms with E-state index in [1.165, 1.54) is 24.3 Å². The second-order valence-electron chi connectivity index (χ2n) is 2.95. The molecule has 0 fully saturated rings. The molecule has 92 valence electrons. The summed E-state index contributed by atoms with van der Waals surface area (Å²) in [5.41, 5.74) is 0.675. The topological polar surface area (TPSA) is 35.5 Å². The number of hydrogen-bond donors (Lipinski definition) is 0. The highest BCUT2D eigenvalue weighted by Gasteiger charge is 2.30. The van der Waals surface area contributed by atoms with Gasteiger partial charge < -0.3 is 9.47 Å². The van der Waals surface area contributed by atoms with E-state index in [4.69, 9.17) is 0 Å². The molecule has 0 saturated heterocycles. The molecule has 0 N–H and O–H groups in total. The summed E-state index contributed by atoms with van der Waals surface area (Å²) in [7, 11) is 0. The minimum absolute atomic E-state index is 0.115. The van der Waals surface area contributed by atoms with Crippen LogP contribution in [0.15, 0.2) is 30.3 Å². The minimum atomic E-state index is -4.69. The van der Waals surface area contributed by atoms with Gasteiger partial charge in [0.1, 0.15) is 12.4 Å². The first-order valence-electron chi connectivity index (χ1n) is 4.59. The molecule has 0 spiro atoms. The number of ether oxygens (including phenoxy) is 2. The van der Waals surface area contributed by atoms with Gasteiger partial charge in [0.2, 0.25) is 0 Å². The van der Waals surface area contributed by atoms with Crippen molar-refractivity contribution in [3.63, 3.8) is 0 Å². The number of benzene rings is 1. The zero-order valence-electron chi connectivity index (χ0n) is 8.61. The average molecular weight is 246 g/mol. The van der Waals surface area contributed by atoms with Crippen LogP contribution in [0.4, 0.5) is 13.2 Å². The fraction of sp³-hybridized carbons (Fsp3) is 0.182. The molecule has 1 rings (SSSR count). The van der Waals surface area contributed by atoms with E-state index in [0.717, 1.165) is 0 Å². The van der Waals surface area contributed by atoms with Crippen LogP contribution in [0.25, 0.3) is 6.08 Å². The molecule has 0 heterocycles. The number of carbonyl (C=O) groups is 1. The third-order valence-corrected chi connectivity index (χ3v) is 1.68. The van der Waals surface area contributed by atoms with E-state index in [1.54, 1.807) is 12.2 Å². The van der Waals surface area contributed by atoms with Crippen molar-refractivity contribution in [2.24, 2.45) is 0 Å². The second-order valence-corrected chi connectivity index (χ2v) is 2.95. The van der Waals surface area contributed by atoms with Crippen molar-refractivity contribution < 1.29 is 27.4 Å². The predicted octanol–water partition coefficient (Wildman–Crippen LogP) is 2.77. The summed E-state index contributed by atoms with van der Waals surface area (Å²) in [6.07, 6.45) is -1.51. The SMILES string of the molecule is O=COCC=Cc1ccc(OC(F)(F)F)cc1. The lowest BCUT2D eigenvalue weighted by Crippen LogP contribution is -2.16. The largest absolute Gasteiger partial charge is 0.573 e. The van der Waals surface area contributed by atoms with Gasteiger partial charge in [-0.05, 0) is 23.8 Å². The van der Waals surface area contributed by atoms with E-state index >= 15 is 0 Å². The fourth-order valence-electron chi connectivity index (χ4n) is 1.06. The molecular formula is C11H9F3O3. The molecule has 0 aliphatic carbocycles. The highest BCUT2D eigenvalue weighted by atomic mass is 19.4. The van der Waals surface area contributed by atoms with Crippen molar-refractivity contribution in [1.29, 1.82) is 0 Å². The molecule has 0 aliphatic rings. The quantitative estimate of drug-likeness (QED) is 0.592. The first kappa shape index (κ1) is 13.1. The molecule has 0 atom stereocenters. The highest BCUT2D eigenvalue weighted by Crippen LogP contribution is 2.22. The van der Waals surface area contributed by atoms with Crippen LogP contribution < -0.4 is 4.74 Å². The molecule has 3 nitrogen and oxygen atoms in total. The van der Waals surface area contributed by atoms with Gasteiger partial charge in [-0.1, -0.05) is 18.2 Å². The number of hydrogen-bond acceptors (Lipinski definition) is 3. The van der Waals surface area contributed by atoms with Crippen LogP contribution in [0, 0.1) is 0 Å². The Morgan fingerprint density at radius 3 is 2.35 bits per heavy atom. The molecular weight excluding hydrogens is 237 g/mol. The molecule has 1 aromatic carbocycles. The van der Waals surface area contributed by atoms with Crippen molar-refractivity contribution in [1.82, 2.24) is 0 Å². The number of halogens is 3. The predicted molar refractivity (Wildman–Crippen MR) is 54.2 cm³/mol. The lowest BCUT2D eigenvalue weighted by atomic mass is 10.2. The van der Waals surface area contributed by atoms with Gasteiger partial charge >= 0.3 is 6.36 Å². The van der Waals surface area contributed by atoms with E-state index in [-0.39, 0.29) is 12.4 Å². The van der Waals surface area contributed by atoms with Crippen molar-refractivity contribution in [3.05, 3.63) is 35.9 Å². The standard InChI is InChI=1S/C11H9F3O3/c12-11(13,14)17-10-5-3-9(4-6-10)2-1-7-16-8-15/h1-6,8H,7H2. The molecule has 0 radical (unpaired) electrons. The monoisotopic (exact) mass is 246 g/mol. The number of alkyl halides is 3. The minimum Gasteiger partial charge on any atom is -0.464 e. The van der Waals surface area contributed by atoms with Gasteiger partial charge in [-0.25, -0.2) is 0 Å². The fourth-order valence-corrected chi connectivity index (χ4v) is 1.06. The van der Waals surface area contributed by atoms with E-state index in [0.29, 0.717) is 12.0 Å². The van der Waals surface area contributed by atoms with Crippen LogP contribution >= 0.6 is 0 Å². The van der Waals surface area contributed by atoms with E-state index in [2.05, 4.69) is 9.47 Å². The summed E-state index contributed by atoms with van der Waals surface area (Å²) in [6, 6.07) is 5.32. The Labute approximate surface area is 95.5 Å². The van der Waals surface area contributed by atoms with Gasteiger partial charge in [-0.3, -0.25) is 4.79 Å². The number of carbonyl (C=O) groups excluding carboxylic acids is 1. The van der Waals surface area contributed by atoms with Crippen molar-refractivity contribution in [2.45, 2.75) is 6.36 Å². The third-order valence-electron chi connectivity index (χ3n) is 1.68. The maximum absolute atomic E-state index is 11.8. The van der Waals surface area contributed by atoms with Gasteiger partial charge in [-0.2, -0.15) is 0 Å². The summed E-state index contributed by atoms with van der Waals surface area (Å²) < 4.78 is 43.6. The van der Waals surface area contributed by atoms with Crippen molar-refractivity contribution in [2.75, 3.05) is 6.61 Å². The highest BCUT2D eigenvalue weighted by molar-refractivity contribution is 5.51. The van der Waals surface area contributed by atoms with Crippen molar-refractivity contribution in [3.8, 4) is 5.75 Å². The van der Waals surface area contributed by atoms with E-state index in [1.807, 2.05) is 0 Å². The Morgan fingerprint density at radius 1 is 1.18 bits per heavy atom. The Hall–Kier alpha value is -1.98. The lowest BCUT2D eigenvalue weighted by molar-refractivity contribution is -0.274. The maximum atomic E-state index is 11.8. The molecule has 17 heavy (non-hydrogen) atoms. The van der Waals surface area contributed by atoms with Crippen molar-refractivity contribution >= 4 is 12.5 Å². The van der Waals surface area contributed by atoms with Crippen LogP contribution in [0.3, 0.4) is 0 Å². The molecule has 0 amide bonds. The van der Waals surface area contributed by atoms with Gasteiger partial charge in [0.15, 0.2) is 0 Å². The Balaban J connectivity index is 2.56. The van der Waals surface area contributed by atoms with Gasteiger partial charge in [0.25, 0.3) is 6.47 Å². The molecule has 0 unspecified atom stereocenters. The average Bonchev–Trinajstić information content (AvgIpc) is 2.25. The molecule has 0 aliphatic heterocycles. The van der Waals surface area contributed by atoms with Gasteiger partial charge in [0.05, 0.1) is 0 Å². The summed E-state index contributed by atoms with van der Waals surface area (Å²) in [4.78, 5) is 9.81. The van der Waals surface area contributed by atoms with Crippen LogP contribution in [0.2, 0.25) is 0 Å². The first-order valence-corrected chi connectivity index (χ1v) is 4.59. The molecule has 0 saturated carbocycles. The maximum Gasteiger partial charge on any atom is 0.573 e. The van der Waals surface area contributed by atoms with Gasteiger partial charge in [-0.15, -0.1) is 13.2 Å². The second kappa shape index (κ2) is 5.93. The smallest absolute Gasteiger partial charge is 0.464 e. The third kappa shape index (κ3) is 5.60. The Kier molecular flexibility index (Phi) is 4.56. The van der Waals surface area contributed by atoms with E-state index < -0.39 is 6.36 Å². The lowest BCUT2D eigenvalue weighted by Gasteiger charge is -2.08. The summed E-state index contributed by atoms with van der Waals surface area (Å²) in [6.45, 7) is 0.426. The first-order chi connectivity index (χ1) is 8.01. The molecule has 0 aromatic heterocycles. The molecule has 6 heteroatoms. The normalized spacial score (nSPS) is 11.5. The molecule has 0 bridgehead atoms. The summed E-state index contributed by atoms with van der Waals surface area (Å²) >= 11 is 0. The summed E-state index contributed by atoms with van der Waals surface area (Å²) in [5, 5.41) is 0. The van der Waals surface area contributed by atoms with Gasteiger partial charge in [0, 0.05) is 0 Å². The zero-order valence-corrected chi connectivity index (χ0v) is 8.61. The number of rotatable bonds is 5. The molecule has 1 aromatic rings.